The first-order valence-electron chi connectivity index (χ1n) is 6.78. The molecule has 5 heteroatoms. The van der Waals surface area contributed by atoms with Gasteiger partial charge in [-0.05, 0) is 30.5 Å². The number of methoxy groups -OCH3 is 2. The number of esters is 1. The van der Waals surface area contributed by atoms with E-state index in [4.69, 9.17) is 14.2 Å². The van der Waals surface area contributed by atoms with Crippen LogP contribution in [-0.2, 0) is 14.9 Å². The molecule has 1 atom stereocenters. The minimum absolute atomic E-state index is 0.224. The number of nitriles is 1. The van der Waals surface area contributed by atoms with Crippen molar-refractivity contribution in [2.24, 2.45) is 5.92 Å². The first kappa shape index (κ1) is 16.8. The van der Waals surface area contributed by atoms with Gasteiger partial charge in [0.2, 0.25) is 0 Å². The molecule has 0 radical (unpaired) electrons. The van der Waals surface area contributed by atoms with Gasteiger partial charge in [-0.15, -0.1) is 0 Å². The predicted molar refractivity (Wildman–Crippen MR) is 78.3 cm³/mol. The summed E-state index contributed by atoms with van der Waals surface area (Å²) in [6.45, 7) is 5.57. The molecule has 0 aliphatic rings. The van der Waals surface area contributed by atoms with Gasteiger partial charge in [0.05, 0.1) is 26.9 Å². The highest BCUT2D eigenvalue weighted by Crippen LogP contribution is 2.38. The molecule has 21 heavy (non-hydrogen) atoms. The van der Waals surface area contributed by atoms with Gasteiger partial charge in [0.25, 0.3) is 0 Å². The van der Waals surface area contributed by atoms with E-state index < -0.39 is 11.4 Å². The van der Waals surface area contributed by atoms with Gasteiger partial charge in [0.1, 0.15) is 0 Å². The van der Waals surface area contributed by atoms with E-state index in [0.29, 0.717) is 17.1 Å². The smallest absolute Gasteiger partial charge is 0.331 e. The highest BCUT2D eigenvalue weighted by atomic mass is 16.5. The molecule has 0 heterocycles. The molecule has 1 unspecified atom stereocenters. The topological polar surface area (TPSA) is 68.6 Å². The Morgan fingerprint density at radius 1 is 1.29 bits per heavy atom. The van der Waals surface area contributed by atoms with Crippen LogP contribution in [0, 0.1) is 17.2 Å². The molecule has 0 saturated heterocycles. The van der Waals surface area contributed by atoms with Crippen molar-refractivity contribution in [3.63, 3.8) is 0 Å². The summed E-state index contributed by atoms with van der Waals surface area (Å²) >= 11 is 0. The monoisotopic (exact) mass is 291 g/mol. The zero-order chi connectivity index (χ0) is 16.0. The summed E-state index contributed by atoms with van der Waals surface area (Å²) in [6, 6.07) is 7.16. The summed E-state index contributed by atoms with van der Waals surface area (Å²) in [5.41, 5.74) is -0.827. The lowest BCUT2D eigenvalue weighted by atomic mass is 9.72. The van der Waals surface area contributed by atoms with Crippen molar-refractivity contribution in [1.82, 2.24) is 0 Å². The van der Waals surface area contributed by atoms with Crippen LogP contribution in [0.25, 0.3) is 0 Å². The average molecular weight is 291 g/mol. The lowest BCUT2D eigenvalue weighted by molar-refractivity contribution is -0.149. The Balaban J connectivity index is 3.47. The van der Waals surface area contributed by atoms with Crippen LogP contribution in [0.15, 0.2) is 18.2 Å². The number of carbonyl (C=O) groups excluding carboxylic acids is 1. The molecule has 5 nitrogen and oxygen atoms in total. The van der Waals surface area contributed by atoms with E-state index in [1.54, 1.807) is 25.1 Å². The SMILES string of the molecule is CCOC(=O)C(C#N)(c1ccc(OC)c(OC)c1)C(C)C. The van der Waals surface area contributed by atoms with Gasteiger partial charge in [-0.25, -0.2) is 4.79 Å². The predicted octanol–water partition coefficient (Wildman–Crippen LogP) is 2.68. The summed E-state index contributed by atoms with van der Waals surface area (Å²) in [5, 5.41) is 9.66. The molecule has 0 fully saturated rings. The Morgan fingerprint density at radius 2 is 1.90 bits per heavy atom. The van der Waals surface area contributed by atoms with Crippen molar-refractivity contribution in [3.8, 4) is 17.6 Å². The quantitative estimate of drug-likeness (QED) is 0.754. The molecule has 1 rings (SSSR count). The third-order valence-electron chi connectivity index (χ3n) is 3.48. The Hall–Kier alpha value is -2.22. The molecule has 0 aliphatic carbocycles. The molecule has 1 aromatic rings. The second kappa shape index (κ2) is 6.98. The fourth-order valence-corrected chi connectivity index (χ4v) is 2.25. The Bertz CT molecular complexity index is 548. The zero-order valence-corrected chi connectivity index (χ0v) is 13.1. The van der Waals surface area contributed by atoms with Gasteiger partial charge >= 0.3 is 5.97 Å². The summed E-state index contributed by atoms with van der Waals surface area (Å²) in [7, 11) is 3.04. The second-order valence-electron chi connectivity index (χ2n) is 4.86. The summed E-state index contributed by atoms with van der Waals surface area (Å²) < 4.78 is 15.5. The van der Waals surface area contributed by atoms with Crippen molar-refractivity contribution >= 4 is 5.97 Å². The Kier molecular flexibility index (Phi) is 5.60. The normalized spacial score (nSPS) is 13.2. The number of ether oxygens (including phenoxy) is 3. The fraction of sp³-hybridized carbons (Fsp3) is 0.500. The van der Waals surface area contributed by atoms with E-state index >= 15 is 0 Å². The highest BCUT2D eigenvalue weighted by molar-refractivity contribution is 5.87. The number of nitrogens with zero attached hydrogens (tertiary/aromatic N) is 1. The number of benzene rings is 1. The van der Waals surface area contributed by atoms with Crippen LogP contribution < -0.4 is 9.47 Å². The molecule has 0 spiro atoms. The molecule has 0 aliphatic heterocycles. The van der Waals surface area contributed by atoms with E-state index in [-0.39, 0.29) is 12.5 Å². The first-order valence-corrected chi connectivity index (χ1v) is 6.78. The van der Waals surface area contributed by atoms with E-state index in [2.05, 4.69) is 6.07 Å². The molecular formula is C16H21NO4. The van der Waals surface area contributed by atoms with Crippen LogP contribution in [0.4, 0.5) is 0 Å². The minimum atomic E-state index is -1.37. The van der Waals surface area contributed by atoms with Crippen LogP contribution in [0.2, 0.25) is 0 Å². The van der Waals surface area contributed by atoms with Gasteiger partial charge in [-0.3, -0.25) is 0 Å². The second-order valence-corrected chi connectivity index (χ2v) is 4.86. The summed E-state index contributed by atoms with van der Waals surface area (Å²) in [4.78, 5) is 12.4. The molecule has 114 valence electrons. The molecule has 0 saturated carbocycles. The van der Waals surface area contributed by atoms with Crippen LogP contribution in [0.1, 0.15) is 26.3 Å². The van der Waals surface area contributed by atoms with Crippen LogP contribution in [0.3, 0.4) is 0 Å². The summed E-state index contributed by atoms with van der Waals surface area (Å²) in [5.74, 6) is 0.217. The van der Waals surface area contributed by atoms with Gasteiger partial charge in [-0.1, -0.05) is 19.9 Å². The summed E-state index contributed by atoms with van der Waals surface area (Å²) in [6.07, 6.45) is 0. The lowest BCUT2D eigenvalue weighted by Crippen LogP contribution is -2.41. The van der Waals surface area contributed by atoms with Crippen molar-refractivity contribution < 1.29 is 19.0 Å². The number of hydrogen-bond donors (Lipinski definition) is 0. The fourth-order valence-electron chi connectivity index (χ4n) is 2.25. The van der Waals surface area contributed by atoms with Gasteiger partial charge in [-0.2, -0.15) is 5.26 Å². The van der Waals surface area contributed by atoms with Gasteiger partial charge in [0.15, 0.2) is 16.9 Å². The molecule has 0 aromatic heterocycles. The van der Waals surface area contributed by atoms with Crippen molar-refractivity contribution in [1.29, 1.82) is 5.26 Å². The Labute approximate surface area is 125 Å². The Morgan fingerprint density at radius 3 is 2.33 bits per heavy atom. The number of hydrogen-bond acceptors (Lipinski definition) is 5. The van der Waals surface area contributed by atoms with Crippen molar-refractivity contribution in [3.05, 3.63) is 23.8 Å². The van der Waals surface area contributed by atoms with Crippen molar-refractivity contribution in [2.75, 3.05) is 20.8 Å². The van der Waals surface area contributed by atoms with E-state index in [9.17, 15) is 10.1 Å². The van der Waals surface area contributed by atoms with Crippen LogP contribution >= 0.6 is 0 Å². The lowest BCUT2D eigenvalue weighted by Gasteiger charge is -2.29. The van der Waals surface area contributed by atoms with E-state index in [1.165, 1.54) is 14.2 Å². The van der Waals surface area contributed by atoms with Gasteiger partial charge in [0, 0.05) is 0 Å². The maximum Gasteiger partial charge on any atom is 0.331 e. The van der Waals surface area contributed by atoms with Crippen LogP contribution in [0.5, 0.6) is 11.5 Å². The standard InChI is InChI=1S/C16H21NO4/c1-6-21-15(18)16(10-17,11(2)3)12-7-8-13(19-4)14(9-12)20-5/h7-9,11H,6H2,1-5H3. The van der Waals surface area contributed by atoms with Gasteiger partial charge < -0.3 is 14.2 Å². The maximum absolute atomic E-state index is 12.4. The highest BCUT2D eigenvalue weighted by Gasteiger charge is 2.45. The van der Waals surface area contributed by atoms with Crippen molar-refractivity contribution in [2.45, 2.75) is 26.2 Å². The number of rotatable bonds is 6. The zero-order valence-electron chi connectivity index (χ0n) is 13.1. The molecule has 1 aromatic carbocycles. The number of carbonyl (C=O) groups is 1. The average Bonchev–Trinajstić information content (AvgIpc) is 2.48. The molecule has 0 N–H and O–H groups in total. The molecule has 0 amide bonds. The maximum atomic E-state index is 12.4. The third kappa shape index (κ3) is 2.94. The largest absolute Gasteiger partial charge is 0.493 e. The third-order valence-corrected chi connectivity index (χ3v) is 3.48. The molecule has 0 bridgehead atoms. The minimum Gasteiger partial charge on any atom is -0.493 e. The molecular weight excluding hydrogens is 270 g/mol. The van der Waals surface area contributed by atoms with E-state index in [1.807, 2.05) is 13.8 Å². The first-order chi connectivity index (χ1) is 9.97. The van der Waals surface area contributed by atoms with Crippen LogP contribution in [-0.4, -0.2) is 26.8 Å². The van der Waals surface area contributed by atoms with E-state index in [0.717, 1.165) is 0 Å².